The van der Waals surface area contributed by atoms with Gasteiger partial charge >= 0.3 is 6.03 Å². The lowest BCUT2D eigenvalue weighted by Crippen LogP contribution is -2.37. The number of rotatable bonds is 5. The topological polar surface area (TPSA) is 54.0 Å². The van der Waals surface area contributed by atoms with E-state index in [9.17, 15) is 13.6 Å². The van der Waals surface area contributed by atoms with E-state index in [-0.39, 0.29) is 5.56 Å². The van der Waals surface area contributed by atoms with Crippen LogP contribution in [0.5, 0.6) is 0 Å². The molecule has 22 heavy (non-hydrogen) atoms. The van der Waals surface area contributed by atoms with E-state index in [4.69, 9.17) is 0 Å². The van der Waals surface area contributed by atoms with Crippen LogP contribution in [0.1, 0.15) is 30.5 Å². The average Bonchev–Trinajstić information content (AvgIpc) is 2.54. The SMILES string of the molecule is CC[C@@H](NC(=O)NCc1cccnc1)c1cc(F)ccc1F. The lowest BCUT2D eigenvalue weighted by molar-refractivity contribution is 0.236. The lowest BCUT2D eigenvalue weighted by Gasteiger charge is -2.18. The van der Waals surface area contributed by atoms with Crippen LogP contribution >= 0.6 is 0 Å². The van der Waals surface area contributed by atoms with Crippen molar-refractivity contribution in [2.75, 3.05) is 0 Å². The maximum atomic E-state index is 13.8. The Labute approximate surface area is 127 Å². The summed E-state index contributed by atoms with van der Waals surface area (Å²) in [5, 5.41) is 5.31. The molecular formula is C16H17F2N3O. The van der Waals surface area contributed by atoms with Gasteiger partial charge in [-0.1, -0.05) is 13.0 Å². The Morgan fingerprint density at radius 2 is 2.14 bits per heavy atom. The van der Waals surface area contributed by atoms with Gasteiger partial charge in [0.05, 0.1) is 6.04 Å². The van der Waals surface area contributed by atoms with Crippen LogP contribution < -0.4 is 10.6 Å². The quantitative estimate of drug-likeness (QED) is 0.890. The molecule has 0 aliphatic rings. The predicted molar refractivity (Wildman–Crippen MR) is 79.0 cm³/mol. The van der Waals surface area contributed by atoms with E-state index in [1.54, 1.807) is 25.4 Å². The maximum Gasteiger partial charge on any atom is 0.315 e. The molecule has 0 saturated heterocycles. The number of carbonyl (C=O) groups excluding carboxylic acids is 1. The zero-order chi connectivity index (χ0) is 15.9. The minimum Gasteiger partial charge on any atom is -0.334 e. The summed E-state index contributed by atoms with van der Waals surface area (Å²) in [4.78, 5) is 15.8. The number of benzene rings is 1. The van der Waals surface area contributed by atoms with Gasteiger partial charge in [-0.15, -0.1) is 0 Å². The molecule has 0 aliphatic heterocycles. The smallest absolute Gasteiger partial charge is 0.315 e. The van der Waals surface area contributed by atoms with Crippen LogP contribution in [0.4, 0.5) is 13.6 Å². The zero-order valence-corrected chi connectivity index (χ0v) is 12.1. The van der Waals surface area contributed by atoms with E-state index in [2.05, 4.69) is 15.6 Å². The largest absolute Gasteiger partial charge is 0.334 e. The average molecular weight is 305 g/mol. The van der Waals surface area contributed by atoms with Crippen LogP contribution in [0.3, 0.4) is 0 Å². The lowest BCUT2D eigenvalue weighted by atomic mass is 10.0. The first kappa shape index (κ1) is 15.9. The number of hydrogen-bond acceptors (Lipinski definition) is 2. The summed E-state index contributed by atoms with van der Waals surface area (Å²) < 4.78 is 27.0. The fourth-order valence-corrected chi connectivity index (χ4v) is 2.08. The molecule has 0 saturated carbocycles. The molecule has 2 rings (SSSR count). The van der Waals surface area contributed by atoms with Crippen molar-refractivity contribution in [3.05, 3.63) is 65.5 Å². The van der Waals surface area contributed by atoms with Crippen molar-refractivity contribution in [3.63, 3.8) is 0 Å². The summed E-state index contributed by atoms with van der Waals surface area (Å²) in [6.07, 6.45) is 3.73. The van der Waals surface area contributed by atoms with Crippen molar-refractivity contribution in [1.29, 1.82) is 0 Å². The summed E-state index contributed by atoms with van der Waals surface area (Å²) in [6.45, 7) is 2.10. The maximum absolute atomic E-state index is 13.8. The van der Waals surface area contributed by atoms with Crippen LogP contribution in [0.15, 0.2) is 42.7 Å². The zero-order valence-electron chi connectivity index (χ0n) is 12.1. The Hall–Kier alpha value is -2.50. The second-order valence-corrected chi connectivity index (χ2v) is 4.81. The Morgan fingerprint density at radius 3 is 2.82 bits per heavy atom. The monoisotopic (exact) mass is 305 g/mol. The first-order chi connectivity index (χ1) is 10.6. The molecule has 116 valence electrons. The van der Waals surface area contributed by atoms with E-state index in [1.807, 2.05) is 6.07 Å². The number of hydrogen-bond donors (Lipinski definition) is 2. The van der Waals surface area contributed by atoms with Crippen LogP contribution in [-0.2, 0) is 6.54 Å². The minimum absolute atomic E-state index is 0.138. The highest BCUT2D eigenvalue weighted by Gasteiger charge is 2.17. The number of amides is 2. The third-order valence-corrected chi connectivity index (χ3v) is 3.22. The summed E-state index contributed by atoms with van der Waals surface area (Å²) in [7, 11) is 0. The number of halogens is 2. The molecule has 0 fully saturated rings. The first-order valence-electron chi connectivity index (χ1n) is 6.98. The molecule has 1 aromatic heterocycles. The second-order valence-electron chi connectivity index (χ2n) is 4.81. The number of urea groups is 1. The highest BCUT2D eigenvalue weighted by atomic mass is 19.1. The van der Waals surface area contributed by atoms with Crippen LogP contribution in [0.2, 0.25) is 0 Å². The molecular weight excluding hydrogens is 288 g/mol. The van der Waals surface area contributed by atoms with Gasteiger partial charge in [-0.2, -0.15) is 0 Å². The number of nitrogens with one attached hydrogen (secondary N) is 2. The van der Waals surface area contributed by atoms with Gasteiger partial charge in [-0.05, 0) is 36.2 Å². The molecule has 2 N–H and O–H groups in total. The van der Waals surface area contributed by atoms with E-state index in [1.165, 1.54) is 0 Å². The van der Waals surface area contributed by atoms with E-state index >= 15 is 0 Å². The van der Waals surface area contributed by atoms with Crippen molar-refractivity contribution >= 4 is 6.03 Å². The van der Waals surface area contributed by atoms with E-state index < -0.39 is 23.7 Å². The van der Waals surface area contributed by atoms with Gasteiger partial charge in [0, 0.05) is 24.5 Å². The molecule has 1 heterocycles. The highest BCUT2D eigenvalue weighted by Crippen LogP contribution is 2.21. The number of pyridine rings is 1. The van der Waals surface area contributed by atoms with Crippen molar-refractivity contribution in [1.82, 2.24) is 15.6 Å². The summed E-state index contributed by atoms with van der Waals surface area (Å²) in [5.74, 6) is -1.08. The van der Waals surface area contributed by atoms with Crippen LogP contribution in [-0.4, -0.2) is 11.0 Å². The number of carbonyl (C=O) groups is 1. The minimum atomic E-state index is -0.593. The van der Waals surface area contributed by atoms with Gasteiger partial charge in [-0.25, -0.2) is 13.6 Å². The molecule has 0 unspecified atom stereocenters. The Balaban J connectivity index is 1.97. The molecule has 2 amide bonds. The fraction of sp³-hybridized carbons (Fsp3) is 0.250. The molecule has 1 atom stereocenters. The van der Waals surface area contributed by atoms with Gasteiger partial charge in [0.2, 0.25) is 0 Å². The summed E-state index contributed by atoms with van der Waals surface area (Å²) in [6, 6.07) is 5.77. The van der Waals surface area contributed by atoms with Gasteiger partial charge < -0.3 is 10.6 Å². The second kappa shape index (κ2) is 7.49. The van der Waals surface area contributed by atoms with Gasteiger partial charge in [-0.3, -0.25) is 4.98 Å². The van der Waals surface area contributed by atoms with Crippen molar-refractivity contribution in [3.8, 4) is 0 Å². The molecule has 4 nitrogen and oxygen atoms in total. The van der Waals surface area contributed by atoms with E-state index in [0.29, 0.717) is 13.0 Å². The van der Waals surface area contributed by atoms with Crippen LogP contribution in [0, 0.1) is 11.6 Å². The van der Waals surface area contributed by atoms with Gasteiger partial charge in [0.15, 0.2) is 0 Å². The molecule has 0 aliphatic carbocycles. The predicted octanol–water partition coefficient (Wildman–Crippen LogP) is 3.31. The standard InChI is InChI=1S/C16H17F2N3O/c1-2-15(13-8-12(17)5-6-14(13)18)21-16(22)20-10-11-4-3-7-19-9-11/h3-9,15H,2,10H2,1H3,(H2,20,21,22)/t15-/m1/s1. The fourth-order valence-electron chi connectivity index (χ4n) is 2.08. The Kier molecular flexibility index (Phi) is 5.41. The molecule has 6 heteroatoms. The van der Waals surface area contributed by atoms with Gasteiger partial charge in [0.1, 0.15) is 11.6 Å². The molecule has 0 radical (unpaired) electrons. The van der Waals surface area contributed by atoms with Crippen LogP contribution in [0.25, 0.3) is 0 Å². The third-order valence-electron chi connectivity index (χ3n) is 3.22. The summed E-state index contributed by atoms with van der Waals surface area (Å²) >= 11 is 0. The normalized spacial score (nSPS) is 11.8. The Morgan fingerprint density at radius 1 is 1.32 bits per heavy atom. The molecule has 2 aromatic rings. The molecule has 1 aromatic carbocycles. The summed E-state index contributed by atoms with van der Waals surface area (Å²) in [5.41, 5.74) is 0.988. The van der Waals surface area contributed by atoms with E-state index in [0.717, 1.165) is 23.8 Å². The molecule has 0 spiro atoms. The highest BCUT2D eigenvalue weighted by molar-refractivity contribution is 5.74. The number of aromatic nitrogens is 1. The third kappa shape index (κ3) is 4.25. The van der Waals surface area contributed by atoms with Gasteiger partial charge in [0.25, 0.3) is 0 Å². The van der Waals surface area contributed by atoms with Crippen molar-refractivity contribution in [2.24, 2.45) is 0 Å². The Bertz CT molecular complexity index is 635. The first-order valence-corrected chi connectivity index (χ1v) is 6.98. The molecule has 0 bridgehead atoms. The van der Waals surface area contributed by atoms with Crippen molar-refractivity contribution < 1.29 is 13.6 Å². The number of nitrogens with zero attached hydrogens (tertiary/aromatic N) is 1. The van der Waals surface area contributed by atoms with Crippen molar-refractivity contribution in [2.45, 2.75) is 25.9 Å².